The lowest BCUT2D eigenvalue weighted by Gasteiger charge is -2.49. The van der Waals surface area contributed by atoms with Crippen LogP contribution in [0.5, 0.6) is 11.5 Å². The van der Waals surface area contributed by atoms with Crippen LogP contribution in [0.3, 0.4) is 0 Å². The summed E-state index contributed by atoms with van der Waals surface area (Å²) >= 11 is 0. The molecule has 0 saturated heterocycles. The number of ketones is 1. The number of hydrogen-bond acceptors (Lipinski definition) is 5. The van der Waals surface area contributed by atoms with E-state index < -0.39 is 17.6 Å². The van der Waals surface area contributed by atoms with Crippen LogP contribution in [0.4, 0.5) is 5.69 Å². The highest BCUT2D eigenvalue weighted by Crippen LogP contribution is 2.48. The summed E-state index contributed by atoms with van der Waals surface area (Å²) in [6.45, 7) is 9.93. The number of nitrogens with one attached hydrogen (secondary N) is 1. The summed E-state index contributed by atoms with van der Waals surface area (Å²) in [6, 6.07) is 13.8. The fraction of sp³-hybridized carbons (Fsp3) is 0.517. The van der Waals surface area contributed by atoms with Crippen molar-refractivity contribution in [1.29, 1.82) is 0 Å². The lowest BCUT2D eigenvalue weighted by molar-refractivity contribution is -0.169. The number of methoxy groups -OCH3 is 1. The maximum atomic E-state index is 13.3. The summed E-state index contributed by atoms with van der Waals surface area (Å²) in [6.07, 6.45) is 2.81. The second kappa shape index (κ2) is 11.1. The molecular weight excluding hydrogens is 442 g/mol. The Kier molecular flexibility index (Phi) is 8.47. The monoisotopic (exact) mass is 481 g/mol. The van der Waals surface area contributed by atoms with Crippen molar-refractivity contribution in [1.82, 2.24) is 0 Å². The third-order valence-corrected chi connectivity index (χ3v) is 7.57. The van der Waals surface area contributed by atoms with Gasteiger partial charge >= 0.3 is 5.97 Å². The van der Waals surface area contributed by atoms with Crippen molar-refractivity contribution < 1.29 is 24.2 Å². The molecule has 5 atom stereocenters. The quantitative estimate of drug-likeness (QED) is 0.387. The van der Waals surface area contributed by atoms with Crippen LogP contribution in [-0.2, 0) is 4.79 Å². The largest absolute Gasteiger partial charge is 0.493 e. The van der Waals surface area contributed by atoms with Crippen LogP contribution in [0.25, 0.3) is 0 Å². The third-order valence-electron chi connectivity index (χ3n) is 7.57. The molecule has 1 fully saturated rings. The van der Waals surface area contributed by atoms with E-state index >= 15 is 0 Å². The zero-order valence-electron chi connectivity index (χ0n) is 21.7. The highest BCUT2D eigenvalue weighted by molar-refractivity contribution is 5.94. The zero-order chi connectivity index (χ0) is 25.8. The molecule has 0 heterocycles. The number of hydrogen-bond donors (Lipinski definition) is 2. The molecule has 1 aliphatic rings. The highest BCUT2D eigenvalue weighted by Gasteiger charge is 2.57. The first-order valence-corrected chi connectivity index (χ1v) is 12.5. The molecule has 2 aromatic carbocycles. The summed E-state index contributed by atoms with van der Waals surface area (Å²) in [5.41, 5.74) is -0.196. The Morgan fingerprint density at radius 2 is 1.66 bits per heavy atom. The molecule has 0 bridgehead atoms. The van der Waals surface area contributed by atoms with Gasteiger partial charge in [-0.05, 0) is 80.8 Å². The summed E-state index contributed by atoms with van der Waals surface area (Å²) in [5.74, 6) is 0.605. The van der Waals surface area contributed by atoms with E-state index in [0.29, 0.717) is 28.9 Å². The minimum Gasteiger partial charge on any atom is -0.493 e. The van der Waals surface area contributed by atoms with E-state index in [2.05, 4.69) is 26.1 Å². The number of carbonyl (C=O) groups is 2. The number of aliphatic carboxylic acids is 1. The second-order valence-electron chi connectivity index (χ2n) is 10.3. The summed E-state index contributed by atoms with van der Waals surface area (Å²) < 4.78 is 12.1. The lowest BCUT2D eigenvalue weighted by Crippen LogP contribution is -2.64. The Morgan fingerprint density at radius 3 is 2.20 bits per heavy atom. The Bertz CT molecular complexity index is 1020. The van der Waals surface area contributed by atoms with Gasteiger partial charge in [0.15, 0.2) is 17.3 Å². The van der Waals surface area contributed by atoms with Gasteiger partial charge in [0, 0.05) is 17.2 Å². The van der Waals surface area contributed by atoms with Crippen LogP contribution in [-0.4, -0.2) is 35.6 Å². The molecule has 0 radical (unpaired) electrons. The summed E-state index contributed by atoms with van der Waals surface area (Å²) in [7, 11) is 1.56. The fourth-order valence-electron chi connectivity index (χ4n) is 5.61. The van der Waals surface area contributed by atoms with E-state index in [1.807, 2.05) is 31.2 Å². The van der Waals surface area contributed by atoms with Gasteiger partial charge in [-0.2, -0.15) is 0 Å². The van der Waals surface area contributed by atoms with Crippen LogP contribution >= 0.6 is 0 Å². The first kappa shape index (κ1) is 26.6. The number of carbonyl (C=O) groups excluding carboxylic acids is 1. The normalized spacial score (nSPS) is 22.7. The van der Waals surface area contributed by atoms with Crippen molar-refractivity contribution >= 4 is 17.4 Å². The van der Waals surface area contributed by atoms with Gasteiger partial charge in [-0.15, -0.1) is 0 Å². The number of benzene rings is 2. The van der Waals surface area contributed by atoms with Gasteiger partial charge in [-0.25, -0.2) is 4.79 Å². The number of ether oxygens (including phenoxy) is 2. The molecule has 0 aliphatic heterocycles. The van der Waals surface area contributed by atoms with Crippen molar-refractivity contribution in [3.05, 3.63) is 54.1 Å². The zero-order valence-corrected chi connectivity index (χ0v) is 21.7. The molecule has 0 aromatic heterocycles. The summed E-state index contributed by atoms with van der Waals surface area (Å²) in [4.78, 5) is 25.0. The highest BCUT2D eigenvalue weighted by atomic mass is 16.6. The molecule has 6 heteroatoms. The van der Waals surface area contributed by atoms with Gasteiger partial charge < -0.3 is 19.9 Å². The van der Waals surface area contributed by atoms with Crippen LogP contribution in [0.1, 0.15) is 64.2 Å². The van der Waals surface area contributed by atoms with E-state index in [-0.39, 0.29) is 17.6 Å². The Balaban J connectivity index is 2.11. The third kappa shape index (κ3) is 5.63. The SMILES string of the molecule is COc1ccccc1OC(C(=O)O)(C(C)Nc1ccc(C(C)=O)cc1)C1CC(C)CCC1C(C)C. The van der Waals surface area contributed by atoms with Gasteiger partial charge in [-0.1, -0.05) is 39.3 Å². The van der Waals surface area contributed by atoms with E-state index in [1.165, 1.54) is 6.92 Å². The topological polar surface area (TPSA) is 84.9 Å². The fourth-order valence-corrected chi connectivity index (χ4v) is 5.61. The molecule has 190 valence electrons. The molecule has 0 amide bonds. The molecular formula is C29H39NO5. The predicted octanol–water partition coefficient (Wildman–Crippen LogP) is 6.31. The maximum Gasteiger partial charge on any atom is 0.350 e. The standard InChI is InChI=1S/C29H39NO5/c1-18(2)24-16-11-19(3)17-25(24)29(28(32)33,35-27-10-8-7-9-26(27)34-6)21(5)30-23-14-12-22(13-15-23)20(4)31/h7-10,12-15,18-19,21,24-25,30H,11,16-17H2,1-6H3,(H,32,33). The minimum atomic E-state index is -1.54. The van der Waals surface area contributed by atoms with E-state index in [9.17, 15) is 14.7 Å². The van der Waals surface area contributed by atoms with Crippen LogP contribution in [0.15, 0.2) is 48.5 Å². The predicted molar refractivity (Wildman–Crippen MR) is 138 cm³/mol. The first-order chi connectivity index (χ1) is 16.6. The molecule has 3 rings (SSSR count). The average molecular weight is 482 g/mol. The van der Waals surface area contributed by atoms with Crippen LogP contribution in [0.2, 0.25) is 0 Å². The first-order valence-electron chi connectivity index (χ1n) is 12.5. The number of para-hydroxylation sites is 2. The smallest absolute Gasteiger partial charge is 0.350 e. The maximum absolute atomic E-state index is 13.3. The van der Waals surface area contributed by atoms with Crippen LogP contribution < -0.4 is 14.8 Å². The second-order valence-corrected chi connectivity index (χ2v) is 10.3. The number of anilines is 1. The molecule has 35 heavy (non-hydrogen) atoms. The Labute approximate surface area is 209 Å². The Morgan fingerprint density at radius 1 is 1.03 bits per heavy atom. The number of rotatable bonds is 10. The van der Waals surface area contributed by atoms with Gasteiger partial charge in [0.25, 0.3) is 0 Å². The molecule has 1 aliphatic carbocycles. The lowest BCUT2D eigenvalue weighted by atomic mass is 9.62. The molecule has 2 aromatic rings. The molecule has 1 saturated carbocycles. The minimum absolute atomic E-state index is 0.0139. The van der Waals surface area contributed by atoms with E-state index in [1.54, 1.807) is 31.4 Å². The van der Waals surface area contributed by atoms with Crippen molar-refractivity contribution in [3.63, 3.8) is 0 Å². The number of Topliss-reactive ketones (excluding diaryl/α,β-unsaturated/α-hetero) is 1. The van der Waals surface area contributed by atoms with Crippen molar-refractivity contribution in [2.45, 2.75) is 65.5 Å². The van der Waals surface area contributed by atoms with Gasteiger partial charge in [0.1, 0.15) is 0 Å². The summed E-state index contributed by atoms with van der Waals surface area (Å²) in [5, 5.41) is 14.3. The molecule has 2 N–H and O–H groups in total. The number of carboxylic acid groups (broad SMARTS) is 1. The van der Waals surface area contributed by atoms with Gasteiger partial charge in [-0.3, -0.25) is 4.79 Å². The molecule has 0 spiro atoms. The van der Waals surface area contributed by atoms with Gasteiger partial charge in [0.2, 0.25) is 5.60 Å². The van der Waals surface area contributed by atoms with Gasteiger partial charge in [0.05, 0.1) is 13.2 Å². The van der Waals surface area contributed by atoms with Crippen molar-refractivity contribution in [2.24, 2.45) is 23.7 Å². The van der Waals surface area contributed by atoms with E-state index in [4.69, 9.17) is 9.47 Å². The average Bonchev–Trinajstić information content (AvgIpc) is 2.82. The van der Waals surface area contributed by atoms with Crippen LogP contribution in [0, 0.1) is 23.7 Å². The molecule has 5 unspecified atom stereocenters. The molecule has 6 nitrogen and oxygen atoms in total. The number of carboxylic acids is 1. The van der Waals surface area contributed by atoms with Crippen molar-refractivity contribution in [2.75, 3.05) is 12.4 Å². The Hall–Kier alpha value is -3.02. The van der Waals surface area contributed by atoms with Crippen molar-refractivity contribution in [3.8, 4) is 11.5 Å². The van der Waals surface area contributed by atoms with E-state index in [0.717, 1.165) is 24.9 Å².